The molecule has 0 saturated heterocycles. The van der Waals surface area contributed by atoms with Gasteiger partial charge in [0.25, 0.3) is 0 Å². The summed E-state index contributed by atoms with van der Waals surface area (Å²) in [5.74, 6) is 0. The first-order chi connectivity index (χ1) is 9.99. The van der Waals surface area contributed by atoms with Crippen molar-refractivity contribution in [2.24, 2.45) is 0 Å². The maximum absolute atomic E-state index is 10.2. The zero-order valence-corrected chi connectivity index (χ0v) is 13.7. The van der Waals surface area contributed by atoms with Gasteiger partial charge in [0.2, 0.25) is 0 Å². The highest BCUT2D eigenvalue weighted by Gasteiger charge is 2.26. The van der Waals surface area contributed by atoms with Gasteiger partial charge in [-0.1, -0.05) is 29.3 Å². The Morgan fingerprint density at radius 3 is 2.76 bits per heavy atom. The molecule has 1 aliphatic rings. The molecule has 112 valence electrons. The third kappa shape index (κ3) is 2.61. The summed E-state index contributed by atoms with van der Waals surface area (Å²) in [7, 11) is 0. The fraction of sp³-hybridized carbons (Fsp3) is 0.412. The van der Waals surface area contributed by atoms with Crippen molar-refractivity contribution in [1.29, 1.82) is 0 Å². The van der Waals surface area contributed by atoms with Crippen molar-refractivity contribution in [1.82, 2.24) is 4.57 Å². The molecule has 1 aliphatic carbocycles. The normalized spacial score (nSPS) is 19.4. The fourth-order valence-corrected chi connectivity index (χ4v) is 3.99. The molecule has 1 N–H and O–H groups in total. The molecule has 2 atom stereocenters. The SMILES string of the molecule is Cc1cc2c(n1C(C)c1ccc(Cl)cc1Cl)CCCC2O. The molecule has 0 spiro atoms. The van der Waals surface area contributed by atoms with Gasteiger partial charge >= 0.3 is 0 Å². The number of aromatic nitrogens is 1. The van der Waals surface area contributed by atoms with Crippen LogP contribution in [-0.2, 0) is 6.42 Å². The Bertz CT molecular complexity index is 678. The van der Waals surface area contributed by atoms with Crippen molar-refractivity contribution < 1.29 is 5.11 Å². The molecule has 0 aliphatic heterocycles. The van der Waals surface area contributed by atoms with Crippen molar-refractivity contribution in [3.05, 3.63) is 56.8 Å². The number of aliphatic hydroxyl groups is 1. The number of hydrogen-bond acceptors (Lipinski definition) is 1. The summed E-state index contributed by atoms with van der Waals surface area (Å²) in [6.07, 6.45) is 2.56. The molecule has 3 rings (SSSR count). The summed E-state index contributed by atoms with van der Waals surface area (Å²) in [5.41, 5.74) is 4.54. The van der Waals surface area contributed by atoms with E-state index in [1.807, 2.05) is 12.1 Å². The number of halogens is 2. The topological polar surface area (TPSA) is 25.2 Å². The number of benzene rings is 1. The van der Waals surface area contributed by atoms with E-state index in [-0.39, 0.29) is 12.1 Å². The molecular formula is C17H19Cl2NO. The van der Waals surface area contributed by atoms with Gasteiger partial charge in [-0.25, -0.2) is 0 Å². The van der Waals surface area contributed by atoms with Crippen LogP contribution in [0.25, 0.3) is 0 Å². The van der Waals surface area contributed by atoms with Crippen LogP contribution in [0.1, 0.15) is 54.4 Å². The third-order valence-corrected chi connectivity index (χ3v) is 4.98. The first kappa shape index (κ1) is 15.0. The lowest BCUT2D eigenvalue weighted by atomic mass is 9.95. The van der Waals surface area contributed by atoms with Crippen molar-refractivity contribution in [2.75, 3.05) is 0 Å². The van der Waals surface area contributed by atoms with Crippen LogP contribution in [0.5, 0.6) is 0 Å². The lowest BCUT2D eigenvalue weighted by Gasteiger charge is -2.25. The summed E-state index contributed by atoms with van der Waals surface area (Å²) in [6.45, 7) is 4.23. The molecule has 1 heterocycles. The van der Waals surface area contributed by atoms with E-state index < -0.39 is 0 Å². The highest BCUT2D eigenvalue weighted by Crippen LogP contribution is 2.37. The predicted molar refractivity (Wildman–Crippen MR) is 87.3 cm³/mol. The summed E-state index contributed by atoms with van der Waals surface area (Å²) in [5, 5.41) is 11.5. The fourth-order valence-electron chi connectivity index (χ4n) is 3.42. The molecule has 0 amide bonds. The van der Waals surface area contributed by atoms with Gasteiger partial charge in [-0.15, -0.1) is 0 Å². The van der Waals surface area contributed by atoms with Crippen LogP contribution in [-0.4, -0.2) is 9.67 Å². The number of nitrogens with zero attached hydrogens (tertiary/aromatic N) is 1. The van der Waals surface area contributed by atoms with Crippen molar-refractivity contribution in [3.8, 4) is 0 Å². The first-order valence-corrected chi connectivity index (χ1v) is 8.08. The largest absolute Gasteiger partial charge is 0.388 e. The smallest absolute Gasteiger partial charge is 0.0807 e. The summed E-state index contributed by atoms with van der Waals surface area (Å²) in [4.78, 5) is 0. The van der Waals surface area contributed by atoms with Gasteiger partial charge in [-0.2, -0.15) is 0 Å². The van der Waals surface area contributed by atoms with Crippen molar-refractivity contribution in [3.63, 3.8) is 0 Å². The third-order valence-electron chi connectivity index (χ3n) is 4.42. The maximum Gasteiger partial charge on any atom is 0.0807 e. The molecule has 0 fully saturated rings. The Hall–Kier alpha value is -0.960. The van der Waals surface area contributed by atoms with Crippen molar-refractivity contribution >= 4 is 23.2 Å². The van der Waals surface area contributed by atoms with Crippen LogP contribution in [0.3, 0.4) is 0 Å². The second-order valence-corrected chi connectivity index (χ2v) is 6.65. The van der Waals surface area contributed by atoms with Crippen LogP contribution in [0, 0.1) is 6.92 Å². The number of rotatable bonds is 2. The molecule has 2 unspecified atom stereocenters. The number of aryl methyl sites for hydroxylation is 1. The predicted octanol–water partition coefficient (Wildman–Crippen LogP) is 5.08. The lowest BCUT2D eigenvalue weighted by molar-refractivity contribution is 0.155. The number of fused-ring (bicyclic) bond motifs is 1. The van der Waals surface area contributed by atoms with E-state index in [9.17, 15) is 5.11 Å². The average molecular weight is 324 g/mol. The Morgan fingerprint density at radius 2 is 2.05 bits per heavy atom. The Morgan fingerprint density at radius 1 is 1.29 bits per heavy atom. The zero-order valence-electron chi connectivity index (χ0n) is 12.2. The van der Waals surface area contributed by atoms with E-state index in [0.717, 1.165) is 30.4 Å². The molecule has 1 aromatic heterocycles. The standard InChI is InChI=1S/C17H19Cl2NO/c1-10-8-14-16(4-3-5-17(14)21)20(10)11(2)13-7-6-12(18)9-15(13)19/h6-9,11,17,21H,3-5H2,1-2H3. The van der Waals surface area contributed by atoms with Crippen LogP contribution in [0.2, 0.25) is 10.0 Å². The van der Waals surface area contributed by atoms with E-state index in [2.05, 4.69) is 24.5 Å². The highest BCUT2D eigenvalue weighted by molar-refractivity contribution is 6.35. The van der Waals surface area contributed by atoms with Crippen LogP contribution in [0.15, 0.2) is 24.3 Å². The van der Waals surface area contributed by atoms with Gasteiger partial charge in [0.1, 0.15) is 0 Å². The Kier molecular flexibility index (Phi) is 4.04. The number of aliphatic hydroxyl groups excluding tert-OH is 1. The average Bonchev–Trinajstić information content (AvgIpc) is 2.76. The minimum atomic E-state index is -0.332. The molecule has 2 nitrogen and oxygen atoms in total. The molecule has 21 heavy (non-hydrogen) atoms. The van der Waals surface area contributed by atoms with Gasteiger partial charge in [0.05, 0.1) is 12.1 Å². The molecule has 0 bridgehead atoms. The minimum absolute atomic E-state index is 0.129. The van der Waals surface area contributed by atoms with Gasteiger partial charge in [0.15, 0.2) is 0 Å². The summed E-state index contributed by atoms with van der Waals surface area (Å²) in [6, 6.07) is 7.89. The Labute approximate surface area is 135 Å². The number of hydrogen-bond donors (Lipinski definition) is 1. The van der Waals surface area contributed by atoms with E-state index in [4.69, 9.17) is 23.2 Å². The van der Waals surface area contributed by atoms with E-state index in [1.54, 1.807) is 6.07 Å². The summed E-state index contributed by atoms with van der Waals surface area (Å²) < 4.78 is 2.30. The molecule has 2 aromatic rings. The molecule has 1 aromatic carbocycles. The van der Waals surface area contributed by atoms with Gasteiger partial charge < -0.3 is 9.67 Å². The van der Waals surface area contributed by atoms with Crippen molar-refractivity contribution in [2.45, 2.75) is 45.3 Å². The van der Waals surface area contributed by atoms with Crippen LogP contribution in [0.4, 0.5) is 0 Å². The van der Waals surface area contributed by atoms with Gasteiger partial charge in [-0.3, -0.25) is 0 Å². The van der Waals surface area contributed by atoms with Crippen LogP contribution < -0.4 is 0 Å². The molecule has 0 saturated carbocycles. The maximum atomic E-state index is 10.2. The van der Waals surface area contributed by atoms with Crippen LogP contribution >= 0.6 is 23.2 Å². The zero-order chi connectivity index (χ0) is 15.1. The first-order valence-electron chi connectivity index (χ1n) is 7.32. The van der Waals surface area contributed by atoms with E-state index >= 15 is 0 Å². The second kappa shape index (κ2) is 5.68. The lowest BCUT2D eigenvalue weighted by Crippen LogP contribution is -2.16. The van der Waals surface area contributed by atoms with Gasteiger partial charge in [0, 0.05) is 27.0 Å². The quantitative estimate of drug-likeness (QED) is 0.818. The Balaban J connectivity index is 2.08. The minimum Gasteiger partial charge on any atom is -0.388 e. The highest BCUT2D eigenvalue weighted by atomic mass is 35.5. The second-order valence-electron chi connectivity index (χ2n) is 5.81. The monoisotopic (exact) mass is 323 g/mol. The van der Waals surface area contributed by atoms with Gasteiger partial charge in [-0.05, 0) is 56.9 Å². The molecular weight excluding hydrogens is 305 g/mol. The molecule has 0 radical (unpaired) electrons. The van der Waals surface area contributed by atoms with E-state index in [0.29, 0.717) is 10.0 Å². The summed E-state index contributed by atoms with van der Waals surface area (Å²) >= 11 is 12.3. The molecule has 4 heteroatoms. The van der Waals surface area contributed by atoms with E-state index in [1.165, 1.54) is 11.4 Å².